The molecule has 1 N–H and O–H groups in total. The topological polar surface area (TPSA) is 44.8 Å². The van der Waals surface area contributed by atoms with E-state index in [1.165, 1.54) is 16.7 Å². The third-order valence-electron chi connectivity index (χ3n) is 4.36. The van der Waals surface area contributed by atoms with Crippen LogP contribution in [0.2, 0.25) is 0 Å². The number of benzene rings is 1. The van der Waals surface area contributed by atoms with Gasteiger partial charge in [-0.15, -0.1) is 0 Å². The standard InChI is InChI=1S/C18H29N3O2/c1-15-4-5-16(2)17(12-15)13-20-7-9-21(10-8-20)14-18(22)19-6-11-23-3/h4-5,12H,6-11,13-14H2,1-3H3,(H,19,22). The molecule has 1 aliphatic heterocycles. The van der Waals surface area contributed by atoms with Crippen LogP contribution in [0.15, 0.2) is 18.2 Å². The van der Waals surface area contributed by atoms with Crippen molar-refractivity contribution in [3.05, 3.63) is 34.9 Å². The maximum absolute atomic E-state index is 11.8. The molecule has 0 radical (unpaired) electrons. The van der Waals surface area contributed by atoms with E-state index >= 15 is 0 Å². The van der Waals surface area contributed by atoms with Gasteiger partial charge in [0.15, 0.2) is 0 Å². The number of carbonyl (C=O) groups is 1. The molecule has 23 heavy (non-hydrogen) atoms. The predicted octanol–water partition coefficient (Wildman–Crippen LogP) is 1.18. The Balaban J connectivity index is 1.73. The highest BCUT2D eigenvalue weighted by molar-refractivity contribution is 5.78. The molecular formula is C18H29N3O2. The average Bonchev–Trinajstić information content (AvgIpc) is 2.53. The minimum Gasteiger partial charge on any atom is -0.383 e. The van der Waals surface area contributed by atoms with Gasteiger partial charge < -0.3 is 10.1 Å². The number of rotatable bonds is 7. The summed E-state index contributed by atoms with van der Waals surface area (Å²) in [5, 5.41) is 2.88. The first kappa shape index (κ1) is 17.9. The molecule has 1 aromatic carbocycles. The minimum atomic E-state index is 0.0880. The molecule has 0 spiro atoms. The maximum atomic E-state index is 11.8. The Kier molecular flexibility index (Phi) is 7.02. The molecular weight excluding hydrogens is 290 g/mol. The van der Waals surface area contributed by atoms with Crippen molar-refractivity contribution in [3.63, 3.8) is 0 Å². The Morgan fingerprint density at radius 1 is 1.17 bits per heavy atom. The highest BCUT2D eigenvalue weighted by atomic mass is 16.5. The van der Waals surface area contributed by atoms with Gasteiger partial charge in [-0.05, 0) is 25.0 Å². The number of hydrogen-bond donors (Lipinski definition) is 1. The van der Waals surface area contributed by atoms with Crippen molar-refractivity contribution < 1.29 is 9.53 Å². The van der Waals surface area contributed by atoms with Gasteiger partial charge in [-0.1, -0.05) is 23.8 Å². The van der Waals surface area contributed by atoms with Gasteiger partial charge in [0.1, 0.15) is 0 Å². The predicted molar refractivity (Wildman–Crippen MR) is 92.5 cm³/mol. The molecule has 0 bridgehead atoms. The summed E-state index contributed by atoms with van der Waals surface area (Å²) < 4.78 is 4.94. The van der Waals surface area contributed by atoms with Gasteiger partial charge in [-0.3, -0.25) is 14.6 Å². The normalized spacial score (nSPS) is 16.5. The molecule has 5 nitrogen and oxygen atoms in total. The fourth-order valence-electron chi connectivity index (χ4n) is 2.87. The summed E-state index contributed by atoms with van der Waals surface area (Å²) in [6, 6.07) is 6.65. The first-order valence-corrected chi connectivity index (χ1v) is 8.35. The molecule has 0 atom stereocenters. The van der Waals surface area contributed by atoms with Crippen LogP contribution in [0.25, 0.3) is 0 Å². The first-order valence-electron chi connectivity index (χ1n) is 8.35. The van der Waals surface area contributed by atoms with E-state index < -0.39 is 0 Å². The SMILES string of the molecule is COCCNC(=O)CN1CCN(Cc2cc(C)ccc2C)CC1. The van der Waals surface area contributed by atoms with Crippen LogP contribution >= 0.6 is 0 Å². The number of aryl methyl sites for hydroxylation is 2. The van der Waals surface area contributed by atoms with E-state index in [-0.39, 0.29) is 5.91 Å². The maximum Gasteiger partial charge on any atom is 0.234 e. The number of nitrogens with zero attached hydrogens (tertiary/aromatic N) is 2. The first-order chi connectivity index (χ1) is 11.1. The van der Waals surface area contributed by atoms with Crippen molar-refractivity contribution >= 4 is 5.91 Å². The molecule has 128 valence electrons. The zero-order chi connectivity index (χ0) is 16.7. The smallest absolute Gasteiger partial charge is 0.234 e. The summed E-state index contributed by atoms with van der Waals surface area (Å²) >= 11 is 0. The molecule has 1 heterocycles. The molecule has 1 amide bonds. The summed E-state index contributed by atoms with van der Waals surface area (Å²) in [6.45, 7) is 10.9. The van der Waals surface area contributed by atoms with Crippen LogP contribution < -0.4 is 5.32 Å². The zero-order valence-electron chi connectivity index (χ0n) is 14.6. The third kappa shape index (κ3) is 5.94. The molecule has 1 fully saturated rings. The van der Waals surface area contributed by atoms with E-state index in [1.54, 1.807) is 7.11 Å². The number of amides is 1. The third-order valence-corrected chi connectivity index (χ3v) is 4.36. The van der Waals surface area contributed by atoms with Gasteiger partial charge in [-0.25, -0.2) is 0 Å². The number of nitrogens with one attached hydrogen (secondary N) is 1. The second-order valence-corrected chi connectivity index (χ2v) is 6.32. The van der Waals surface area contributed by atoms with Gasteiger partial charge in [0.05, 0.1) is 13.2 Å². The van der Waals surface area contributed by atoms with E-state index in [1.807, 2.05) is 0 Å². The molecule has 1 aromatic rings. The van der Waals surface area contributed by atoms with Crippen LogP contribution in [0, 0.1) is 13.8 Å². The molecule has 2 rings (SSSR count). The highest BCUT2D eigenvalue weighted by Crippen LogP contribution is 2.14. The van der Waals surface area contributed by atoms with Crippen LogP contribution in [0.4, 0.5) is 0 Å². The Morgan fingerprint density at radius 3 is 2.57 bits per heavy atom. The summed E-state index contributed by atoms with van der Waals surface area (Å²) in [6.07, 6.45) is 0. The van der Waals surface area contributed by atoms with Crippen molar-refractivity contribution in [1.82, 2.24) is 15.1 Å². The molecule has 0 aromatic heterocycles. The van der Waals surface area contributed by atoms with Crippen molar-refractivity contribution in [1.29, 1.82) is 0 Å². The summed E-state index contributed by atoms with van der Waals surface area (Å²) in [5.74, 6) is 0.0880. The number of carbonyl (C=O) groups excluding carboxylic acids is 1. The van der Waals surface area contributed by atoms with E-state index in [9.17, 15) is 4.79 Å². The zero-order valence-corrected chi connectivity index (χ0v) is 14.6. The molecule has 1 aliphatic rings. The Labute approximate surface area is 139 Å². The van der Waals surface area contributed by atoms with E-state index in [0.717, 1.165) is 32.7 Å². The average molecular weight is 319 g/mol. The lowest BCUT2D eigenvalue weighted by Gasteiger charge is -2.34. The lowest BCUT2D eigenvalue weighted by atomic mass is 10.0. The largest absolute Gasteiger partial charge is 0.383 e. The van der Waals surface area contributed by atoms with E-state index in [4.69, 9.17) is 4.74 Å². The van der Waals surface area contributed by atoms with Crippen LogP contribution in [0.5, 0.6) is 0 Å². The van der Waals surface area contributed by atoms with Crippen molar-refractivity contribution in [2.24, 2.45) is 0 Å². The van der Waals surface area contributed by atoms with Gasteiger partial charge in [-0.2, -0.15) is 0 Å². The summed E-state index contributed by atoms with van der Waals surface area (Å²) in [4.78, 5) is 16.5. The second kappa shape index (κ2) is 9.01. The van der Waals surface area contributed by atoms with Gasteiger partial charge in [0.25, 0.3) is 0 Å². The number of piperazine rings is 1. The quantitative estimate of drug-likeness (QED) is 0.767. The monoisotopic (exact) mass is 319 g/mol. The Bertz CT molecular complexity index is 511. The van der Waals surface area contributed by atoms with Crippen LogP contribution in [0.3, 0.4) is 0 Å². The van der Waals surface area contributed by atoms with Crippen LogP contribution in [0.1, 0.15) is 16.7 Å². The van der Waals surface area contributed by atoms with E-state index in [2.05, 4.69) is 47.2 Å². The second-order valence-electron chi connectivity index (χ2n) is 6.32. The fourth-order valence-corrected chi connectivity index (χ4v) is 2.87. The number of ether oxygens (including phenoxy) is 1. The van der Waals surface area contributed by atoms with Gasteiger partial charge in [0, 0.05) is 46.4 Å². The summed E-state index contributed by atoms with van der Waals surface area (Å²) in [7, 11) is 1.64. The molecule has 0 saturated carbocycles. The number of methoxy groups -OCH3 is 1. The van der Waals surface area contributed by atoms with Crippen molar-refractivity contribution in [2.45, 2.75) is 20.4 Å². The van der Waals surface area contributed by atoms with Crippen molar-refractivity contribution in [2.75, 3.05) is 53.0 Å². The van der Waals surface area contributed by atoms with Gasteiger partial charge in [0.2, 0.25) is 5.91 Å². The van der Waals surface area contributed by atoms with Crippen LogP contribution in [-0.4, -0.2) is 68.7 Å². The lowest BCUT2D eigenvalue weighted by molar-refractivity contribution is -0.122. The van der Waals surface area contributed by atoms with Gasteiger partial charge >= 0.3 is 0 Å². The highest BCUT2D eigenvalue weighted by Gasteiger charge is 2.19. The van der Waals surface area contributed by atoms with Crippen molar-refractivity contribution in [3.8, 4) is 0 Å². The Hall–Kier alpha value is -1.43. The molecule has 0 unspecified atom stereocenters. The van der Waals surface area contributed by atoms with E-state index in [0.29, 0.717) is 19.7 Å². The minimum absolute atomic E-state index is 0.0880. The number of hydrogen-bond acceptors (Lipinski definition) is 4. The molecule has 1 saturated heterocycles. The molecule has 5 heteroatoms. The van der Waals surface area contributed by atoms with Crippen LogP contribution in [-0.2, 0) is 16.1 Å². The molecule has 0 aliphatic carbocycles. The fraction of sp³-hybridized carbons (Fsp3) is 0.611. The lowest BCUT2D eigenvalue weighted by Crippen LogP contribution is -2.49. The Morgan fingerprint density at radius 2 is 1.87 bits per heavy atom. The summed E-state index contributed by atoms with van der Waals surface area (Å²) in [5.41, 5.74) is 4.09.